The summed E-state index contributed by atoms with van der Waals surface area (Å²) in [7, 11) is 0. The van der Waals surface area contributed by atoms with Crippen LogP contribution in [0.5, 0.6) is 0 Å². The molecule has 10 nitrogen and oxygen atoms in total. The van der Waals surface area contributed by atoms with E-state index >= 15 is 0 Å². The van der Waals surface area contributed by atoms with Gasteiger partial charge in [0, 0.05) is 43.7 Å². The number of aromatic nitrogens is 3. The minimum absolute atomic E-state index is 0.0375. The van der Waals surface area contributed by atoms with Gasteiger partial charge in [-0.2, -0.15) is 5.10 Å². The van der Waals surface area contributed by atoms with Crippen LogP contribution in [0.1, 0.15) is 58.5 Å². The lowest BCUT2D eigenvalue weighted by molar-refractivity contribution is -0.146. The second-order valence-electron chi connectivity index (χ2n) is 11.3. The molecule has 2 saturated heterocycles. The van der Waals surface area contributed by atoms with Crippen molar-refractivity contribution in [3.8, 4) is 0 Å². The van der Waals surface area contributed by atoms with Crippen LogP contribution in [0.15, 0.2) is 53.4 Å². The van der Waals surface area contributed by atoms with Crippen molar-refractivity contribution in [1.29, 1.82) is 0 Å². The quantitative estimate of drug-likeness (QED) is 0.549. The summed E-state index contributed by atoms with van der Waals surface area (Å²) in [6, 6.07) is 9.89. The van der Waals surface area contributed by atoms with Crippen molar-refractivity contribution in [3.05, 3.63) is 71.7 Å². The number of likely N-dealkylation sites (tertiary alicyclic amines) is 2. The Morgan fingerprint density at radius 3 is 2.46 bits per heavy atom. The molecule has 3 fully saturated rings. The summed E-state index contributed by atoms with van der Waals surface area (Å²) < 4.78 is 7.32. The molecule has 1 unspecified atom stereocenters. The molecule has 4 heterocycles. The van der Waals surface area contributed by atoms with Crippen molar-refractivity contribution in [2.24, 2.45) is 16.7 Å². The number of rotatable bonds is 6. The maximum atomic E-state index is 13.5. The van der Waals surface area contributed by atoms with E-state index in [4.69, 9.17) is 4.42 Å². The molecule has 2 amide bonds. The number of carboxylic acids is 1. The van der Waals surface area contributed by atoms with Gasteiger partial charge >= 0.3 is 5.97 Å². The molecule has 0 radical (unpaired) electrons. The first-order valence-electron chi connectivity index (χ1n) is 12.5. The Bertz CT molecular complexity index is 1370. The van der Waals surface area contributed by atoms with E-state index in [1.807, 2.05) is 35.2 Å². The number of benzene rings is 1. The van der Waals surface area contributed by atoms with Crippen molar-refractivity contribution in [2.75, 3.05) is 26.2 Å². The predicted octanol–water partition coefficient (Wildman–Crippen LogP) is 2.73. The van der Waals surface area contributed by atoms with Gasteiger partial charge in [-0.3, -0.25) is 14.3 Å². The molecule has 1 aromatic carbocycles. The summed E-state index contributed by atoms with van der Waals surface area (Å²) in [4.78, 5) is 45.7. The van der Waals surface area contributed by atoms with Crippen LogP contribution >= 0.6 is 0 Å². The number of hydrogen-bond donors (Lipinski definition) is 1. The van der Waals surface area contributed by atoms with Crippen LogP contribution in [0.25, 0.3) is 0 Å². The number of nitrogens with zero attached hydrogens (tertiary/aromatic N) is 5. The molecule has 1 N–H and O–H groups in total. The number of hydrogen-bond acceptors (Lipinski definition) is 6. The lowest BCUT2D eigenvalue weighted by Crippen LogP contribution is -2.62. The second kappa shape index (κ2) is 8.29. The fraction of sp³-hybridized carbons (Fsp3) is 0.444. The van der Waals surface area contributed by atoms with E-state index in [9.17, 15) is 19.5 Å². The molecule has 1 saturated carbocycles. The molecule has 1 aliphatic carbocycles. The van der Waals surface area contributed by atoms with E-state index in [0.717, 1.165) is 18.2 Å². The van der Waals surface area contributed by atoms with Crippen LogP contribution in [-0.2, 0) is 11.3 Å². The number of amides is 2. The summed E-state index contributed by atoms with van der Waals surface area (Å²) >= 11 is 0. The lowest BCUT2D eigenvalue weighted by Gasteiger charge is -2.50. The van der Waals surface area contributed by atoms with Crippen molar-refractivity contribution in [3.63, 3.8) is 0 Å². The van der Waals surface area contributed by atoms with Crippen LogP contribution < -0.4 is 0 Å². The van der Waals surface area contributed by atoms with Crippen LogP contribution in [0.4, 0.5) is 0 Å². The van der Waals surface area contributed by atoms with E-state index in [0.29, 0.717) is 44.2 Å². The molecular formula is C27H29N5O5. The number of carbonyl (C=O) groups is 3. The van der Waals surface area contributed by atoms with E-state index in [1.54, 1.807) is 22.0 Å². The fourth-order valence-electron chi connectivity index (χ4n) is 5.82. The van der Waals surface area contributed by atoms with Crippen molar-refractivity contribution in [2.45, 2.75) is 32.7 Å². The fourth-order valence-corrected chi connectivity index (χ4v) is 5.82. The predicted molar refractivity (Wildman–Crippen MR) is 131 cm³/mol. The van der Waals surface area contributed by atoms with Crippen molar-refractivity contribution < 1.29 is 23.9 Å². The Labute approximate surface area is 213 Å². The third kappa shape index (κ3) is 4.10. The van der Waals surface area contributed by atoms with Gasteiger partial charge in [-0.05, 0) is 17.4 Å². The number of oxazole rings is 1. The summed E-state index contributed by atoms with van der Waals surface area (Å²) in [6.45, 7) is 6.51. The molecule has 1 spiro atoms. The smallest absolute Gasteiger partial charge is 0.357 e. The van der Waals surface area contributed by atoms with E-state index in [-0.39, 0.29) is 34.8 Å². The van der Waals surface area contributed by atoms with Gasteiger partial charge in [0.25, 0.3) is 5.91 Å². The highest BCUT2D eigenvalue weighted by Crippen LogP contribution is 2.55. The monoisotopic (exact) mass is 503 g/mol. The first kappa shape index (κ1) is 23.4. The molecular weight excluding hydrogens is 474 g/mol. The number of aromatic carboxylic acids is 1. The summed E-state index contributed by atoms with van der Waals surface area (Å²) in [5.74, 6) is -1.13. The zero-order valence-electron chi connectivity index (χ0n) is 20.8. The third-order valence-corrected chi connectivity index (χ3v) is 8.18. The van der Waals surface area contributed by atoms with Gasteiger partial charge in [0.2, 0.25) is 5.91 Å². The molecule has 192 valence electrons. The molecule has 3 aromatic rings. The Morgan fingerprint density at radius 2 is 1.81 bits per heavy atom. The largest absolute Gasteiger partial charge is 0.476 e. The van der Waals surface area contributed by atoms with Gasteiger partial charge in [0.15, 0.2) is 11.6 Å². The summed E-state index contributed by atoms with van der Waals surface area (Å²) in [5.41, 5.74) is 1.02. The first-order chi connectivity index (χ1) is 17.6. The standard InChI is InChI=1S/C27H29N5O5/c1-26(2)8-19(26)24(34)31-15-27(16-31)14-30(12-20(27)22-29-21(13-37-22)25(35)36)23(33)18-9-28-32(11-18)10-17-6-4-3-5-7-17/h3-7,9,11,13,19-20H,8,10,12,14-16H2,1-2H3,(H,35,36)/t19-,20?/m1/s1. The van der Waals surface area contributed by atoms with Gasteiger partial charge in [-0.25, -0.2) is 9.78 Å². The van der Waals surface area contributed by atoms with Crippen LogP contribution in [0.2, 0.25) is 0 Å². The highest BCUT2D eigenvalue weighted by atomic mass is 16.4. The molecule has 10 heteroatoms. The second-order valence-corrected chi connectivity index (χ2v) is 11.3. The van der Waals surface area contributed by atoms with Gasteiger partial charge in [0.05, 0.1) is 24.2 Å². The van der Waals surface area contributed by atoms with Gasteiger partial charge in [0.1, 0.15) is 6.26 Å². The highest BCUT2D eigenvalue weighted by molar-refractivity contribution is 5.94. The Morgan fingerprint density at radius 1 is 1.11 bits per heavy atom. The maximum Gasteiger partial charge on any atom is 0.357 e. The molecule has 2 atom stereocenters. The minimum Gasteiger partial charge on any atom is -0.476 e. The summed E-state index contributed by atoms with van der Waals surface area (Å²) in [6.07, 6.45) is 5.34. The topological polar surface area (TPSA) is 122 Å². The molecule has 2 aromatic heterocycles. The average Bonchev–Trinajstić information content (AvgIpc) is 3.32. The van der Waals surface area contributed by atoms with E-state index in [2.05, 4.69) is 23.9 Å². The van der Waals surface area contributed by atoms with E-state index < -0.39 is 11.4 Å². The lowest BCUT2D eigenvalue weighted by atomic mass is 9.71. The molecule has 3 aliphatic rings. The Balaban J connectivity index is 1.21. The SMILES string of the molecule is CC1(C)C[C@@H]1C(=O)N1CC2(CN(C(=O)c3cnn(Cc4ccccc4)c3)CC2c2nc(C(=O)O)co2)C1. The van der Waals surface area contributed by atoms with Gasteiger partial charge < -0.3 is 19.3 Å². The highest BCUT2D eigenvalue weighted by Gasteiger charge is 2.61. The number of carboxylic acid groups (broad SMARTS) is 1. The Hall–Kier alpha value is -3.95. The average molecular weight is 504 g/mol. The molecule has 2 aliphatic heterocycles. The Kier molecular flexibility index (Phi) is 5.25. The van der Waals surface area contributed by atoms with Gasteiger partial charge in [-0.15, -0.1) is 0 Å². The van der Waals surface area contributed by atoms with Crippen LogP contribution in [0.3, 0.4) is 0 Å². The zero-order valence-corrected chi connectivity index (χ0v) is 20.8. The summed E-state index contributed by atoms with van der Waals surface area (Å²) in [5, 5.41) is 13.7. The minimum atomic E-state index is -1.16. The van der Waals surface area contributed by atoms with Crippen LogP contribution in [-0.4, -0.2) is 73.6 Å². The molecule has 6 rings (SSSR count). The van der Waals surface area contributed by atoms with Crippen LogP contribution in [0, 0.1) is 16.7 Å². The van der Waals surface area contributed by atoms with E-state index in [1.165, 1.54) is 0 Å². The van der Waals surface area contributed by atoms with Crippen molar-refractivity contribution >= 4 is 17.8 Å². The maximum absolute atomic E-state index is 13.5. The normalized spacial score (nSPS) is 23.2. The molecule has 37 heavy (non-hydrogen) atoms. The zero-order chi connectivity index (χ0) is 25.9. The first-order valence-corrected chi connectivity index (χ1v) is 12.5. The van der Waals surface area contributed by atoms with Gasteiger partial charge in [-0.1, -0.05) is 44.2 Å². The number of carbonyl (C=O) groups excluding carboxylic acids is 2. The third-order valence-electron chi connectivity index (χ3n) is 8.18. The molecule has 0 bridgehead atoms. The van der Waals surface area contributed by atoms with Crippen molar-refractivity contribution in [1.82, 2.24) is 24.6 Å².